The third-order valence-corrected chi connectivity index (χ3v) is 5.15. The zero-order valence-corrected chi connectivity index (χ0v) is 17.4. The molecule has 0 atom stereocenters. The van der Waals surface area contributed by atoms with Gasteiger partial charge in [-0.1, -0.05) is 43.2 Å². The van der Waals surface area contributed by atoms with E-state index in [1.165, 1.54) is 7.11 Å². The highest BCUT2D eigenvalue weighted by atomic mass is 32.1. The van der Waals surface area contributed by atoms with Gasteiger partial charge in [0, 0.05) is 17.0 Å². The van der Waals surface area contributed by atoms with Gasteiger partial charge in [0.05, 0.1) is 18.5 Å². The lowest BCUT2D eigenvalue weighted by Gasteiger charge is -2.17. The molecule has 7 nitrogen and oxygen atoms in total. The Balaban J connectivity index is 1.86. The van der Waals surface area contributed by atoms with Crippen molar-refractivity contribution in [2.45, 2.75) is 25.7 Å². The second-order valence-corrected chi connectivity index (χ2v) is 7.41. The van der Waals surface area contributed by atoms with E-state index in [0.29, 0.717) is 22.5 Å². The molecule has 0 heterocycles. The van der Waals surface area contributed by atoms with Crippen LogP contribution in [0.15, 0.2) is 48.5 Å². The number of amides is 2. The van der Waals surface area contributed by atoms with Crippen molar-refractivity contribution >= 4 is 46.5 Å². The molecule has 1 aliphatic carbocycles. The van der Waals surface area contributed by atoms with Gasteiger partial charge >= 0.3 is 6.09 Å². The third kappa shape index (κ3) is 5.42. The summed E-state index contributed by atoms with van der Waals surface area (Å²) in [7, 11) is 1.23. The zero-order chi connectivity index (χ0) is 21.5. The molecular formula is C22H23N3O4S. The van der Waals surface area contributed by atoms with Crippen LogP contribution in [0, 0.1) is 5.92 Å². The van der Waals surface area contributed by atoms with Crippen molar-refractivity contribution < 1.29 is 19.1 Å². The minimum Gasteiger partial charge on any atom is -0.453 e. The Hall–Kier alpha value is -3.26. The van der Waals surface area contributed by atoms with E-state index < -0.39 is 6.09 Å². The van der Waals surface area contributed by atoms with Crippen LogP contribution in [0.3, 0.4) is 0 Å². The maximum absolute atomic E-state index is 12.8. The normalized spacial score (nSPS) is 13.4. The first-order valence-corrected chi connectivity index (χ1v) is 10.1. The lowest BCUT2D eigenvalue weighted by molar-refractivity contribution is -0.119. The average Bonchev–Trinajstić information content (AvgIpc) is 3.30. The largest absolute Gasteiger partial charge is 0.453 e. The number of benzene rings is 2. The lowest BCUT2D eigenvalue weighted by Crippen LogP contribution is -2.34. The van der Waals surface area contributed by atoms with Crippen molar-refractivity contribution in [1.29, 1.82) is 0 Å². The summed E-state index contributed by atoms with van der Waals surface area (Å²) >= 11 is 5.14. The molecule has 1 saturated carbocycles. The summed E-state index contributed by atoms with van der Waals surface area (Å²) in [5.74, 6) is -0.257. The molecule has 1 fully saturated rings. The van der Waals surface area contributed by atoms with Crippen LogP contribution in [0.25, 0.3) is 0 Å². The predicted octanol–water partition coefficient (Wildman–Crippen LogP) is 4.10. The Morgan fingerprint density at radius 2 is 1.63 bits per heavy atom. The van der Waals surface area contributed by atoms with E-state index in [1.54, 1.807) is 42.5 Å². The molecule has 3 rings (SSSR count). The molecule has 0 spiro atoms. The number of nitrogens with one attached hydrogen (secondary N) is 3. The number of carbonyl (C=O) groups excluding carboxylic acids is 3. The summed E-state index contributed by atoms with van der Waals surface area (Å²) in [5, 5.41) is 8.13. The fourth-order valence-electron chi connectivity index (χ4n) is 3.37. The van der Waals surface area contributed by atoms with E-state index in [-0.39, 0.29) is 22.7 Å². The Morgan fingerprint density at radius 3 is 2.30 bits per heavy atom. The van der Waals surface area contributed by atoms with Crippen LogP contribution in [0.5, 0.6) is 0 Å². The molecule has 0 aliphatic heterocycles. The number of methoxy groups -OCH3 is 1. The number of anilines is 2. The molecule has 1 aliphatic rings. The highest BCUT2D eigenvalue weighted by Gasteiger charge is 2.24. The van der Waals surface area contributed by atoms with Crippen LogP contribution in [0.4, 0.5) is 16.2 Å². The monoisotopic (exact) mass is 425 g/mol. The van der Waals surface area contributed by atoms with Crippen LogP contribution >= 0.6 is 12.2 Å². The van der Waals surface area contributed by atoms with Crippen LogP contribution in [-0.2, 0) is 9.53 Å². The number of hydrogen-bond donors (Lipinski definition) is 3. The SMILES string of the molecule is COC(=O)NC(=S)Nc1cc(C(=O)c2ccccc2)ccc1NC(=O)C1CCCC1. The molecular weight excluding hydrogens is 402 g/mol. The van der Waals surface area contributed by atoms with E-state index in [9.17, 15) is 14.4 Å². The van der Waals surface area contributed by atoms with Gasteiger partial charge in [-0.15, -0.1) is 0 Å². The highest BCUT2D eigenvalue weighted by Crippen LogP contribution is 2.29. The minimum absolute atomic E-state index is 0.0116. The standard InChI is InChI=1S/C22H23N3O4S/c1-29-22(28)25-21(30)24-18-13-16(19(26)14-7-3-2-4-8-14)11-12-17(18)23-20(27)15-9-5-6-10-15/h2-4,7-8,11-13,15H,5-6,9-10H2,1H3,(H,23,27)(H2,24,25,28,30). The van der Waals surface area contributed by atoms with E-state index in [0.717, 1.165) is 25.7 Å². The second kappa shape index (κ2) is 9.98. The van der Waals surface area contributed by atoms with E-state index >= 15 is 0 Å². The molecule has 2 amide bonds. The molecule has 0 unspecified atom stereocenters. The van der Waals surface area contributed by atoms with Gasteiger partial charge in [0.15, 0.2) is 10.9 Å². The molecule has 3 N–H and O–H groups in total. The van der Waals surface area contributed by atoms with Crippen molar-refractivity contribution in [2.75, 3.05) is 17.7 Å². The van der Waals surface area contributed by atoms with Gasteiger partial charge in [-0.25, -0.2) is 4.79 Å². The second-order valence-electron chi connectivity index (χ2n) is 7.00. The topological polar surface area (TPSA) is 96.5 Å². The van der Waals surface area contributed by atoms with E-state index in [1.807, 2.05) is 6.07 Å². The van der Waals surface area contributed by atoms with Crippen LogP contribution in [0.1, 0.15) is 41.6 Å². The summed E-state index contributed by atoms with van der Waals surface area (Å²) in [5.41, 5.74) is 1.85. The summed E-state index contributed by atoms with van der Waals surface area (Å²) < 4.78 is 4.54. The highest BCUT2D eigenvalue weighted by molar-refractivity contribution is 7.80. The number of ether oxygens (including phenoxy) is 1. The van der Waals surface area contributed by atoms with E-state index in [2.05, 4.69) is 20.7 Å². The Morgan fingerprint density at radius 1 is 0.933 bits per heavy atom. The van der Waals surface area contributed by atoms with Crippen molar-refractivity contribution in [3.63, 3.8) is 0 Å². The summed E-state index contributed by atoms with van der Waals surface area (Å²) in [4.78, 5) is 36.8. The van der Waals surface area contributed by atoms with Crippen molar-refractivity contribution in [1.82, 2.24) is 5.32 Å². The molecule has 0 aromatic heterocycles. The molecule has 30 heavy (non-hydrogen) atoms. The number of carbonyl (C=O) groups is 3. The molecule has 0 radical (unpaired) electrons. The molecule has 0 bridgehead atoms. The fraction of sp³-hybridized carbons (Fsp3) is 0.273. The lowest BCUT2D eigenvalue weighted by atomic mass is 10.0. The van der Waals surface area contributed by atoms with Gasteiger partial charge in [-0.05, 0) is 43.3 Å². The molecule has 2 aromatic rings. The van der Waals surface area contributed by atoms with Gasteiger partial charge < -0.3 is 15.4 Å². The number of rotatable bonds is 5. The maximum Gasteiger partial charge on any atom is 0.413 e. The number of thiocarbonyl (C=S) groups is 1. The Labute approximate surface area is 180 Å². The Kier molecular flexibility index (Phi) is 7.13. The quantitative estimate of drug-likeness (QED) is 0.493. The van der Waals surface area contributed by atoms with Gasteiger partial charge in [0.25, 0.3) is 0 Å². The Bertz CT molecular complexity index is 956. The van der Waals surface area contributed by atoms with Gasteiger partial charge in [-0.3, -0.25) is 14.9 Å². The number of hydrogen-bond acceptors (Lipinski definition) is 5. The number of ketones is 1. The zero-order valence-electron chi connectivity index (χ0n) is 16.6. The smallest absolute Gasteiger partial charge is 0.413 e. The number of alkyl carbamates (subject to hydrolysis) is 1. The maximum atomic E-state index is 12.8. The van der Waals surface area contributed by atoms with Crippen molar-refractivity contribution in [3.8, 4) is 0 Å². The first-order chi connectivity index (χ1) is 14.5. The summed E-state index contributed by atoms with van der Waals surface area (Å²) in [6, 6.07) is 13.8. The molecule has 156 valence electrons. The molecule has 2 aromatic carbocycles. The minimum atomic E-state index is -0.722. The van der Waals surface area contributed by atoms with Crippen LogP contribution < -0.4 is 16.0 Å². The van der Waals surface area contributed by atoms with Crippen molar-refractivity contribution in [2.24, 2.45) is 5.92 Å². The molecule has 8 heteroatoms. The van der Waals surface area contributed by atoms with Crippen LogP contribution in [0.2, 0.25) is 0 Å². The van der Waals surface area contributed by atoms with Gasteiger partial charge in [0.1, 0.15) is 0 Å². The van der Waals surface area contributed by atoms with Gasteiger partial charge in [-0.2, -0.15) is 0 Å². The average molecular weight is 426 g/mol. The first-order valence-electron chi connectivity index (χ1n) is 9.68. The fourth-order valence-corrected chi connectivity index (χ4v) is 3.57. The van der Waals surface area contributed by atoms with Crippen molar-refractivity contribution in [3.05, 3.63) is 59.7 Å². The van der Waals surface area contributed by atoms with Gasteiger partial charge in [0.2, 0.25) is 5.91 Å². The van der Waals surface area contributed by atoms with E-state index in [4.69, 9.17) is 12.2 Å². The molecule has 0 saturated heterocycles. The van der Waals surface area contributed by atoms with Crippen LogP contribution in [-0.4, -0.2) is 30.0 Å². The third-order valence-electron chi connectivity index (χ3n) is 4.95. The first kappa shape index (κ1) is 21.4. The predicted molar refractivity (Wildman–Crippen MR) is 119 cm³/mol. The summed E-state index contributed by atoms with van der Waals surface area (Å²) in [6.07, 6.45) is 3.09. The summed E-state index contributed by atoms with van der Waals surface area (Å²) in [6.45, 7) is 0.